The van der Waals surface area contributed by atoms with E-state index in [1.807, 2.05) is 12.1 Å². The molecule has 1 atom stereocenters. The molecule has 0 amide bonds. The molecule has 0 radical (unpaired) electrons. The molecule has 0 aliphatic rings. The molecule has 0 saturated heterocycles. The Labute approximate surface area is 119 Å². The Morgan fingerprint density at radius 2 is 2.16 bits per heavy atom. The number of benzene rings is 1. The van der Waals surface area contributed by atoms with Gasteiger partial charge in [-0.15, -0.1) is 11.8 Å². The van der Waals surface area contributed by atoms with Gasteiger partial charge in [0.05, 0.1) is 5.41 Å². The van der Waals surface area contributed by atoms with Crippen molar-refractivity contribution in [3.05, 3.63) is 29.8 Å². The van der Waals surface area contributed by atoms with Gasteiger partial charge in [0.1, 0.15) is 0 Å². The molecule has 0 spiro atoms. The highest BCUT2D eigenvalue weighted by molar-refractivity contribution is 7.99. The van der Waals surface area contributed by atoms with E-state index in [4.69, 9.17) is 5.11 Å². The molecule has 106 valence electrons. The van der Waals surface area contributed by atoms with Crippen molar-refractivity contribution in [2.45, 2.75) is 38.6 Å². The fourth-order valence-electron chi connectivity index (χ4n) is 1.62. The van der Waals surface area contributed by atoms with E-state index in [2.05, 4.69) is 31.3 Å². The molecule has 0 aliphatic carbocycles. The standard InChI is InChI=1S/C15H23NO2S/c1-5-16-11(2)12-7-6-8-13(9-12)19-10-15(3,4)14(17)18/h6-9,11,16H,5,10H2,1-4H3,(H,17,18). The number of aliphatic carboxylic acids is 1. The second-order valence-electron chi connectivity index (χ2n) is 5.33. The topological polar surface area (TPSA) is 49.3 Å². The zero-order chi connectivity index (χ0) is 14.5. The van der Waals surface area contributed by atoms with Gasteiger partial charge >= 0.3 is 5.97 Å². The summed E-state index contributed by atoms with van der Waals surface area (Å²) >= 11 is 1.60. The monoisotopic (exact) mass is 281 g/mol. The van der Waals surface area contributed by atoms with Crippen LogP contribution >= 0.6 is 11.8 Å². The Balaban J connectivity index is 2.70. The van der Waals surface area contributed by atoms with E-state index >= 15 is 0 Å². The molecule has 0 saturated carbocycles. The lowest BCUT2D eigenvalue weighted by atomic mass is 9.97. The molecule has 2 N–H and O–H groups in total. The van der Waals surface area contributed by atoms with Gasteiger partial charge in [-0.3, -0.25) is 4.79 Å². The van der Waals surface area contributed by atoms with Gasteiger partial charge < -0.3 is 10.4 Å². The summed E-state index contributed by atoms with van der Waals surface area (Å²) in [6.07, 6.45) is 0. The Morgan fingerprint density at radius 1 is 1.47 bits per heavy atom. The van der Waals surface area contributed by atoms with Crippen LogP contribution in [0.15, 0.2) is 29.2 Å². The van der Waals surface area contributed by atoms with E-state index in [1.165, 1.54) is 5.56 Å². The SMILES string of the molecule is CCNC(C)c1cccc(SCC(C)(C)C(=O)O)c1. The summed E-state index contributed by atoms with van der Waals surface area (Å²) in [4.78, 5) is 12.2. The molecule has 0 fully saturated rings. The van der Waals surface area contributed by atoms with Gasteiger partial charge in [0.25, 0.3) is 0 Å². The number of carboxylic acid groups (broad SMARTS) is 1. The summed E-state index contributed by atoms with van der Waals surface area (Å²) in [5, 5.41) is 12.5. The van der Waals surface area contributed by atoms with Crippen LogP contribution in [-0.4, -0.2) is 23.4 Å². The largest absolute Gasteiger partial charge is 0.481 e. The van der Waals surface area contributed by atoms with Crippen molar-refractivity contribution in [1.82, 2.24) is 5.32 Å². The maximum atomic E-state index is 11.1. The van der Waals surface area contributed by atoms with Crippen molar-refractivity contribution in [2.24, 2.45) is 5.41 Å². The third-order valence-electron chi connectivity index (χ3n) is 3.05. The van der Waals surface area contributed by atoms with Crippen LogP contribution in [0.3, 0.4) is 0 Å². The van der Waals surface area contributed by atoms with Gasteiger partial charge in [-0.1, -0.05) is 19.1 Å². The lowest BCUT2D eigenvalue weighted by Crippen LogP contribution is -2.26. The highest BCUT2D eigenvalue weighted by Crippen LogP contribution is 2.29. The summed E-state index contributed by atoms with van der Waals surface area (Å²) in [5.41, 5.74) is 0.536. The number of carboxylic acids is 1. The number of rotatable bonds is 7. The van der Waals surface area contributed by atoms with Gasteiger partial charge in [-0.2, -0.15) is 0 Å². The van der Waals surface area contributed by atoms with E-state index in [9.17, 15) is 4.79 Å². The number of nitrogens with one attached hydrogen (secondary N) is 1. The van der Waals surface area contributed by atoms with Crippen LogP contribution in [0.4, 0.5) is 0 Å². The molecule has 1 aromatic rings. The number of hydrogen-bond donors (Lipinski definition) is 2. The summed E-state index contributed by atoms with van der Waals surface area (Å²) in [6, 6.07) is 8.61. The van der Waals surface area contributed by atoms with E-state index in [0.717, 1.165) is 11.4 Å². The molecule has 0 aliphatic heterocycles. The van der Waals surface area contributed by atoms with Crippen molar-refractivity contribution in [1.29, 1.82) is 0 Å². The molecule has 1 aromatic carbocycles. The summed E-state index contributed by atoms with van der Waals surface area (Å²) in [7, 11) is 0. The maximum absolute atomic E-state index is 11.1. The average molecular weight is 281 g/mol. The van der Waals surface area contributed by atoms with Crippen molar-refractivity contribution < 1.29 is 9.90 Å². The minimum absolute atomic E-state index is 0.318. The molecular weight excluding hydrogens is 258 g/mol. The first-order chi connectivity index (χ1) is 8.86. The highest BCUT2D eigenvalue weighted by Gasteiger charge is 2.27. The van der Waals surface area contributed by atoms with Crippen molar-refractivity contribution >= 4 is 17.7 Å². The van der Waals surface area contributed by atoms with E-state index in [0.29, 0.717) is 11.8 Å². The van der Waals surface area contributed by atoms with Crippen LogP contribution in [0.1, 0.15) is 39.3 Å². The van der Waals surface area contributed by atoms with Gasteiger partial charge in [0.2, 0.25) is 0 Å². The van der Waals surface area contributed by atoms with Gasteiger partial charge in [-0.05, 0) is 45.0 Å². The molecule has 1 rings (SSSR count). The predicted molar refractivity (Wildman–Crippen MR) is 80.7 cm³/mol. The number of hydrogen-bond acceptors (Lipinski definition) is 3. The smallest absolute Gasteiger partial charge is 0.309 e. The fraction of sp³-hybridized carbons (Fsp3) is 0.533. The van der Waals surface area contributed by atoms with Gasteiger partial charge in [-0.25, -0.2) is 0 Å². The normalized spacial score (nSPS) is 13.3. The summed E-state index contributed by atoms with van der Waals surface area (Å²) in [5.74, 6) is -0.182. The molecule has 1 unspecified atom stereocenters. The van der Waals surface area contributed by atoms with Crippen molar-refractivity contribution in [3.63, 3.8) is 0 Å². The van der Waals surface area contributed by atoms with Crippen LogP contribution in [0.2, 0.25) is 0 Å². The first kappa shape index (κ1) is 16.1. The first-order valence-corrected chi connectivity index (χ1v) is 7.55. The zero-order valence-corrected chi connectivity index (χ0v) is 12.9. The molecule has 4 heteroatoms. The quantitative estimate of drug-likeness (QED) is 0.750. The van der Waals surface area contributed by atoms with E-state index in [1.54, 1.807) is 25.6 Å². The minimum atomic E-state index is -0.753. The second kappa shape index (κ2) is 6.96. The molecule has 0 aromatic heterocycles. The minimum Gasteiger partial charge on any atom is -0.481 e. The number of thioether (sulfide) groups is 1. The Kier molecular flexibility index (Phi) is 5.88. The lowest BCUT2D eigenvalue weighted by molar-refractivity contribution is -0.145. The van der Waals surface area contributed by atoms with Crippen LogP contribution < -0.4 is 5.32 Å². The van der Waals surface area contributed by atoms with Gasteiger partial charge in [0, 0.05) is 16.7 Å². The fourth-order valence-corrected chi connectivity index (χ4v) is 2.67. The summed E-state index contributed by atoms with van der Waals surface area (Å²) in [6.45, 7) is 8.67. The van der Waals surface area contributed by atoms with Crippen LogP contribution in [-0.2, 0) is 4.79 Å². The van der Waals surface area contributed by atoms with Gasteiger partial charge in [0.15, 0.2) is 0 Å². The van der Waals surface area contributed by atoms with E-state index < -0.39 is 11.4 Å². The van der Waals surface area contributed by atoms with Crippen LogP contribution in [0.5, 0.6) is 0 Å². The second-order valence-corrected chi connectivity index (χ2v) is 6.38. The Bertz CT molecular complexity index is 432. The number of carbonyl (C=O) groups is 1. The van der Waals surface area contributed by atoms with Crippen LogP contribution in [0.25, 0.3) is 0 Å². The maximum Gasteiger partial charge on any atom is 0.309 e. The highest BCUT2D eigenvalue weighted by atomic mass is 32.2. The lowest BCUT2D eigenvalue weighted by Gasteiger charge is -2.19. The first-order valence-electron chi connectivity index (χ1n) is 6.56. The Morgan fingerprint density at radius 3 is 2.74 bits per heavy atom. The third kappa shape index (κ3) is 4.88. The Hall–Kier alpha value is -1.00. The molecule has 0 bridgehead atoms. The van der Waals surface area contributed by atoms with Crippen molar-refractivity contribution in [3.8, 4) is 0 Å². The summed E-state index contributed by atoms with van der Waals surface area (Å²) < 4.78 is 0. The molecule has 19 heavy (non-hydrogen) atoms. The predicted octanol–water partition coefficient (Wildman–Crippen LogP) is 3.56. The zero-order valence-electron chi connectivity index (χ0n) is 12.1. The van der Waals surface area contributed by atoms with Crippen LogP contribution in [0, 0.1) is 5.41 Å². The molecule has 0 heterocycles. The van der Waals surface area contributed by atoms with Crippen molar-refractivity contribution in [2.75, 3.05) is 12.3 Å². The molecular formula is C15H23NO2S. The molecule has 3 nitrogen and oxygen atoms in total. The third-order valence-corrected chi connectivity index (χ3v) is 4.50. The van der Waals surface area contributed by atoms with E-state index in [-0.39, 0.29) is 0 Å². The average Bonchev–Trinajstić information content (AvgIpc) is 2.37.